The van der Waals surface area contributed by atoms with Crippen LogP contribution in [-0.2, 0) is 61.3 Å². The second-order valence-corrected chi connectivity index (χ2v) is 1.15. The molecule has 0 fully saturated rings. The van der Waals surface area contributed by atoms with E-state index in [2.05, 4.69) is 0 Å². The van der Waals surface area contributed by atoms with Crippen molar-refractivity contribution in [3.8, 4) is 0 Å². The summed E-state index contributed by atoms with van der Waals surface area (Å²) in [4.78, 5) is 0. The van der Waals surface area contributed by atoms with E-state index in [0.717, 1.165) is 0 Å². The average molecular weight is 794 g/mol. The van der Waals surface area contributed by atoms with Crippen LogP contribution in [0, 0.1) is 0 Å². The van der Waals surface area contributed by atoms with Crippen LogP contribution < -0.4 is 60.3 Å². The molecule has 12 nitrogen and oxygen atoms in total. The topological polar surface area (TPSA) is 277 Å². The summed E-state index contributed by atoms with van der Waals surface area (Å²) in [6.45, 7) is 0. The van der Waals surface area contributed by atoms with Crippen LogP contribution in [0.2, 0.25) is 0 Å². The Balaban J connectivity index is -0.0000000192. The molecule has 0 N–H and O–H groups in total. The summed E-state index contributed by atoms with van der Waals surface area (Å²) < 4.78 is 0. The maximum absolute atomic E-state index is 8.42. The van der Waals surface area contributed by atoms with E-state index in [4.69, 9.17) is 60.3 Å². The molecule has 0 bridgehead atoms. The summed E-state index contributed by atoms with van der Waals surface area (Å²) >= 11 is 0. The van der Waals surface area contributed by atoms with E-state index >= 15 is 0 Å². The molecule has 0 atom stereocenters. The molecule has 19 heavy (non-hydrogen) atoms. The van der Waals surface area contributed by atoms with Gasteiger partial charge in [-0.15, -0.1) is 0 Å². The largest absolute Gasteiger partial charge is 0.907 e. The monoisotopic (exact) mass is 797 g/mol. The van der Waals surface area contributed by atoms with Crippen LogP contribution in [-0.4, -0.2) is 29.3 Å². The van der Waals surface area contributed by atoms with Gasteiger partial charge >= 0.3 is 0 Å². The minimum absolute atomic E-state index is 0. The Bertz CT molecular complexity index is 68.0. The van der Waals surface area contributed by atoms with Gasteiger partial charge in [0.2, 0.25) is 0 Å². The van der Waals surface area contributed by atoms with E-state index in [-0.39, 0.29) is 61.3 Å². The second kappa shape index (κ2) is 36.7. The molecule has 0 heterocycles. The molecule has 0 aromatic rings. The molecular formula is B4O12Re3-12. The van der Waals surface area contributed by atoms with Crippen molar-refractivity contribution in [2.45, 2.75) is 0 Å². The minimum Gasteiger partial charge on any atom is -0.907 e. The Morgan fingerprint density at radius 3 is 0.263 bits per heavy atom. The van der Waals surface area contributed by atoms with Gasteiger partial charge in [0.05, 0.1) is 0 Å². The third-order valence-electron chi connectivity index (χ3n) is 0. The summed E-state index contributed by atoms with van der Waals surface area (Å²) in [6, 6.07) is 0. The van der Waals surface area contributed by atoms with Gasteiger partial charge in [0.1, 0.15) is 0 Å². The maximum Gasteiger partial charge on any atom is 0 e. The summed E-state index contributed by atoms with van der Waals surface area (Å²) in [5, 5.41) is 101. The van der Waals surface area contributed by atoms with Crippen LogP contribution in [0.4, 0.5) is 0 Å². The van der Waals surface area contributed by atoms with Crippen LogP contribution >= 0.6 is 0 Å². The van der Waals surface area contributed by atoms with Gasteiger partial charge in [0.25, 0.3) is 0 Å². The van der Waals surface area contributed by atoms with Crippen LogP contribution in [0.1, 0.15) is 0 Å². The van der Waals surface area contributed by atoms with Crippen molar-refractivity contribution >= 4 is 29.3 Å². The fourth-order valence-electron chi connectivity index (χ4n) is 0. The molecule has 19 heteroatoms. The van der Waals surface area contributed by atoms with Crippen LogP contribution in [0.5, 0.6) is 0 Å². The van der Waals surface area contributed by atoms with E-state index in [1.165, 1.54) is 0 Å². The van der Waals surface area contributed by atoms with Gasteiger partial charge in [-0.3, -0.25) is 29.3 Å². The Hall–Kier alpha value is 1.77. The Morgan fingerprint density at radius 1 is 0.263 bits per heavy atom. The van der Waals surface area contributed by atoms with Gasteiger partial charge in [-0.05, 0) is 0 Å². The van der Waals surface area contributed by atoms with Crippen LogP contribution in [0.15, 0.2) is 0 Å². The van der Waals surface area contributed by atoms with Gasteiger partial charge in [0.15, 0.2) is 0 Å². The van der Waals surface area contributed by atoms with Crippen molar-refractivity contribution in [2.24, 2.45) is 0 Å². The van der Waals surface area contributed by atoms with Crippen molar-refractivity contribution in [1.82, 2.24) is 0 Å². The normalized spacial score (nSPS) is 5.68. The SMILES string of the molecule is [O-]B([O-])[O-].[O-]B([O-])[O-].[O-]B([O-])[O-].[O-]B([O-])[O-].[Re].[Re].[Re]. The first-order chi connectivity index (χ1) is 6.93. The third-order valence-corrected chi connectivity index (χ3v) is 0. The smallest absolute Gasteiger partial charge is 0 e. The second-order valence-electron chi connectivity index (χ2n) is 1.15. The molecule has 0 aliphatic rings. The van der Waals surface area contributed by atoms with E-state index in [0.29, 0.717) is 0 Å². The van der Waals surface area contributed by atoms with Gasteiger partial charge in [-0.2, -0.15) is 0 Å². The number of hydrogen-bond donors (Lipinski definition) is 0. The molecule has 0 aromatic heterocycles. The Labute approximate surface area is 150 Å². The minimum atomic E-state index is -2.92. The van der Waals surface area contributed by atoms with Crippen molar-refractivity contribution in [1.29, 1.82) is 0 Å². The first-order valence-corrected chi connectivity index (χ1v) is 2.83. The molecule has 0 unspecified atom stereocenters. The zero-order chi connectivity index (χ0) is 14.3. The number of rotatable bonds is 0. The molecule has 0 spiro atoms. The fourth-order valence-corrected chi connectivity index (χ4v) is 0. The van der Waals surface area contributed by atoms with E-state index in [9.17, 15) is 0 Å². The third kappa shape index (κ3) is 2000. The predicted octanol–water partition coefficient (Wildman–Crippen LogP) is -15.8. The summed E-state index contributed by atoms with van der Waals surface area (Å²) in [5.74, 6) is 0. The zero-order valence-electron chi connectivity index (χ0n) is 8.34. The van der Waals surface area contributed by atoms with Crippen molar-refractivity contribution in [2.75, 3.05) is 0 Å². The Kier molecular flexibility index (Phi) is 82.8. The molecule has 0 aromatic carbocycles. The van der Waals surface area contributed by atoms with Crippen LogP contribution in [0.3, 0.4) is 0 Å². The number of hydrogen-bond acceptors (Lipinski definition) is 12. The summed E-state index contributed by atoms with van der Waals surface area (Å²) in [6.07, 6.45) is 0. The van der Waals surface area contributed by atoms with Gasteiger partial charge < -0.3 is 60.3 Å². The fraction of sp³-hybridized carbons (Fsp3) is 0. The average Bonchev–Trinajstić information content (AvgIpc) is 1.76. The van der Waals surface area contributed by atoms with E-state index < -0.39 is 29.3 Å². The van der Waals surface area contributed by atoms with Gasteiger partial charge in [-0.25, -0.2) is 0 Å². The molecular weight excluding hydrogens is 794 g/mol. The van der Waals surface area contributed by atoms with Gasteiger partial charge in [-0.1, -0.05) is 0 Å². The predicted molar refractivity (Wildman–Crippen MR) is 23.0 cm³/mol. The molecule has 3 radical (unpaired) electrons. The Morgan fingerprint density at radius 2 is 0.263 bits per heavy atom. The van der Waals surface area contributed by atoms with Crippen LogP contribution in [0.25, 0.3) is 0 Å². The van der Waals surface area contributed by atoms with Gasteiger partial charge in [0, 0.05) is 61.3 Å². The molecule has 0 rings (SSSR count). The zero-order valence-corrected chi connectivity index (χ0v) is 16.5. The molecule has 0 saturated heterocycles. The van der Waals surface area contributed by atoms with Crippen molar-refractivity contribution in [3.05, 3.63) is 0 Å². The van der Waals surface area contributed by atoms with Crippen molar-refractivity contribution in [3.63, 3.8) is 0 Å². The first-order valence-electron chi connectivity index (χ1n) is 2.83. The van der Waals surface area contributed by atoms with Crippen molar-refractivity contribution < 1.29 is 122 Å². The maximum atomic E-state index is 8.42. The molecule has 0 amide bonds. The standard InChI is InChI=1S/4BO3.3Re/c4*2-1(3)4;;;/q4*-3;;;. The van der Waals surface area contributed by atoms with E-state index in [1.807, 2.05) is 0 Å². The quantitative estimate of drug-likeness (QED) is 0.207. The molecule has 0 aliphatic heterocycles. The summed E-state index contributed by atoms with van der Waals surface area (Å²) in [5.41, 5.74) is 0. The molecule has 0 saturated carbocycles. The molecule has 117 valence electrons. The summed E-state index contributed by atoms with van der Waals surface area (Å²) in [7, 11) is -11.7. The van der Waals surface area contributed by atoms with E-state index in [1.54, 1.807) is 0 Å². The molecule has 0 aliphatic carbocycles. The first kappa shape index (κ1) is 42.8.